The van der Waals surface area contributed by atoms with Gasteiger partial charge in [0.15, 0.2) is 0 Å². The number of aromatic nitrogens is 2. The molecular formula is C11H17N3O3. The molecule has 0 saturated heterocycles. The van der Waals surface area contributed by atoms with E-state index in [1.165, 1.54) is 6.33 Å². The lowest BCUT2D eigenvalue weighted by Gasteiger charge is -2.08. The molecule has 1 aromatic rings. The van der Waals surface area contributed by atoms with Crippen molar-refractivity contribution in [2.45, 2.75) is 19.8 Å². The van der Waals surface area contributed by atoms with Crippen molar-refractivity contribution in [1.29, 1.82) is 0 Å². The van der Waals surface area contributed by atoms with Gasteiger partial charge in [-0.2, -0.15) is 0 Å². The number of rotatable bonds is 7. The van der Waals surface area contributed by atoms with Crippen LogP contribution in [0.15, 0.2) is 12.4 Å². The molecule has 2 N–H and O–H groups in total. The number of aliphatic carboxylic acids is 1. The highest BCUT2D eigenvalue weighted by atomic mass is 16.5. The molecule has 17 heavy (non-hydrogen) atoms. The highest BCUT2D eigenvalue weighted by molar-refractivity contribution is 5.67. The van der Waals surface area contributed by atoms with Crippen LogP contribution in [0.1, 0.15) is 25.5 Å². The van der Waals surface area contributed by atoms with Gasteiger partial charge >= 0.3 is 5.97 Å². The van der Waals surface area contributed by atoms with Gasteiger partial charge in [0.2, 0.25) is 0 Å². The average molecular weight is 239 g/mol. The molecule has 0 aliphatic rings. The summed E-state index contributed by atoms with van der Waals surface area (Å²) in [5.41, 5.74) is 0.967. The van der Waals surface area contributed by atoms with Crippen LogP contribution in [-0.4, -0.2) is 40.8 Å². The summed E-state index contributed by atoms with van der Waals surface area (Å²) in [7, 11) is 0. The number of ether oxygens (including phenoxy) is 1. The molecule has 0 radical (unpaired) electrons. The number of carboxylic acids is 1. The lowest BCUT2D eigenvalue weighted by atomic mass is 10.1. The van der Waals surface area contributed by atoms with Crippen molar-refractivity contribution in [2.24, 2.45) is 0 Å². The Morgan fingerprint density at radius 2 is 2.29 bits per heavy atom. The maximum Gasteiger partial charge on any atom is 0.329 e. The quantitative estimate of drug-likeness (QED) is 0.693. The van der Waals surface area contributed by atoms with Crippen LogP contribution in [0.5, 0.6) is 0 Å². The molecule has 0 atom stereocenters. The monoisotopic (exact) mass is 239 g/mol. The molecule has 0 saturated carbocycles. The van der Waals surface area contributed by atoms with Crippen molar-refractivity contribution in [3.05, 3.63) is 18.1 Å². The van der Waals surface area contributed by atoms with Crippen LogP contribution in [0.2, 0.25) is 0 Å². The molecule has 0 fully saturated rings. The van der Waals surface area contributed by atoms with Crippen molar-refractivity contribution in [3.63, 3.8) is 0 Å². The lowest BCUT2D eigenvalue weighted by molar-refractivity contribution is -0.142. The van der Waals surface area contributed by atoms with Gasteiger partial charge in [-0.3, -0.25) is 0 Å². The number of nitrogens with zero attached hydrogens (tertiary/aromatic N) is 2. The summed E-state index contributed by atoms with van der Waals surface area (Å²) in [6.45, 7) is 4.68. The Hall–Kier alpha value is -1.69. The van der Waals surface area contributed by atoms with E-state index in [-0.39, 0.29) is 6.61 Å². The van der Waals surface area contributed by atoms with Crippen LogP contribution >= 0.6 is 0 Å². The molecule has 0 aromatic carbocycles. The van der Waals surface area contributed by atoms with E-state index < -0.39 is 5.97 Å². The van der Waals surface area contributed by atoms with Crippen LogP contribution < -0.4 is 5.32 Å². The van der Waals surface area contributed by atoms with Crippen molar-refractivity contribution in [2.75, 3.05) is 25.1 Å². The fourth-order valence-corrected chi connectivity index (χ4v) is 1.20. The van der Waals surface area contributed by atoms with Crippen LogP contribution in [0, 0.1) is 0 Å². The predicted octanol–water partition coefficient (Wildman–Crippen LogP) is 1.11. The predicted molar refractivity (Wildman–Crippen MR) is 63.1 cm³/mol. The molecule has 6 nitrogen and oxygen atoms in total. The minimum absolute atomic E-state index is 0.275. The topological polar surface area (TPSA) is 84.3 Å². The normalized spacial score (nSPS) is 10.5. The van der Waals surface area contributed by atoms with E-state index in [4.69, 9.17) is 9.84 Å². The Bertz CT molecular complexity index is 369. The molecule has 1 aromatic heterocycles. The van der Waals surface area contributed by atoms with Crippen LogP contribution in [0.4, 0.5) is 5.82 Å². The zero-order chi connectivity index (χ0) is 12.7. The second-order valence-electron chi connectivity index (χ2n) is 3.86. The minimum atomic E-state index is -0.964. The van der Waals surface area contributed by atoms with Gasteiger partial charge in [-0.15, -0.1) is 0 Å². The van der Waals surface area contributed by atoms with E-state index in [2.05, 4.69) is 29.1 Å². The summed E-state index contributed by atoms with van der Waals surface area (Å²) in [5.74, 6) is 0.110. The zero-order valence-electron chi connectivity index (χ0n) is 10.0. The Morgan fingerprint density at radius 1 is 1.53 bits per heavy atom. The maximum absolute atomic E-state index is 10.2. The second-order valence-corrected chi connectivity index (χ2v) is 3.86. The highest BCUT2D eigenvalue weighted by Crippen LogP contribution is 2.13. The highest BCUT2D eigenvalue weighted by Gasteiger charge is 2.02. The maximum atomic E-state index is 10.2. The third kappa shape index (κ3) is 5.26. The average Bonchev–Trinajstić information content (AvgIpc) is 2.28. The number of hydrogen-bond acceptors (Lipinski definition) is 5. The molecule has 0 aliphatic carbocycles. The Balaban J connectivity index is 2.31. The molecule has 0 spiro atoms. The molecule has 0 unspecified atom stereocenters. The number of carboxylic acid groups (broad SMARTS) is 1. The summed E-state index contributed by atoms with van der Waals surface area (Å²) in [5, 5.41) is 11.4. The van der Waals surface area contributed by atoms with Gasteiger partial charge in [0.05, 0.1) is 6.61 Å². The van der Waals surface area contributed by atoms with E-state index in [1.807, 2.05) is 6.07 Å². The molecule has 94 valence electrons. The molecule has 0 aliphatic heterocycles. The van der Waals surface area contributed by atoms with Crippen molar-refractivity contribution >= 4 is 11.8 Å². The summed E-state index contributed by atoms with van der Waals surface area (Å²) in [6, 6.07) is 1.88. The van der Waals surface area contributed by atoms with Gasteiger partial charge in [-0.05, 0) is 5.92 Å². The molecular weight excluding hydrogens is 222 g/mol. The first-order valence-electron chi connectivity index (χ1n) is 5.45. The van der Waals surface area contributed by atoms with E-state index in [9.17, 15) is 4.79 Å². The van der Waals surface area contributed by atoms with Crippen molar-refractivity contribution in [3.8, 4) is 0 Å². The van der Waals surface area contributed by atoms with E-state index in [1.54, 1.807) is 0 Å². The van der Waals surface area contributed by atoms with E-state index in [0.717, 1.165) is 11.5 Å². The first-order valence-corrected chi connectivity index (χ1v) is 5.45. The first kappa shape index (κ1) is 13.4. The van der Waals surface area contributed by atoms with Crippen LogP contribution in [0.25, 0.3) is 0 Å². The molecule has 6 heteroatoms. The smallest absolute Gasteiger partial charge is 0.329 e. The third-order valence-corrected chi connectivity index (χ3v) is 2.06. The molecule has 1 rings (SSSR count). The molecule has 1 heterocycles. The zero-order valence-corrected chi connectivity index (χ0v) is 10.0. The van der Waals surface area contributed by atoms with E-state index >= 15 is 0 Å². The van der Waals surface area contributed by atoms with Gasteiger partial charge in [0.1, 0.15) is 18.8 Å². The summed E-state index contributed by atoms with van der Waals surface area (Å²) >= 11 is 0. The molecule has 0 bridgehead atoms. The van der Waals surface area contributed by atoms with Crippen LogP contribution in [-0.2, 0) is 9.53 Å². The standard InChI is InChI=1S/C11H17N3O3/c1-8(2)9-5-10(14-7-13-9)12-3-4-17-6-11(15)16/h5,7-8H,3-4,6H2,1-2H3,(H,15,16)(H,12,13,14). The van der Waals surface area contributed by atoms with Gasteiger partial charge in [-0.25, -0.2) is 14.8 Å². The van der Waals surface area contributed by atoms with Gasteiger partial charge in [0, 0.05) is 18.3 Å². The third-order valence-electron chi connectivity index (χ3n) is 2.06. The second kappa shape index (κ2) is 6.80. The Morgan fingerprint density at radius 3 is 2.94 bits per heavy atom. The number of hydrogen-bond donors (Lipinski definition) is 2. The first-order chi connectivity index (χ1) is 8.09. The van der Waals surface area contributed by atoms with E-state index in [0.29, 0.717) is 19.1 Å². The summed E-state index contributed by atoms with van der Waals surface area (Å²) < 4.78 is 4.89. The lowest BCUT2D eigenvalue weighted by Crippen LogP contribution is -2.14. The summed E-state index contributed by atoms with van der Waals surface area (Å²) in [4.78, 5) is 18.4. The number of carbonyl (C=O) groups is 1. The van der Waals surface area contributed by atoms with Crippen molar-refractivity contribution in [1.82, 2.24) is 9.97 Å². The molecule has 0 amide bonds. The fourth-order valence-electron chi connectivity index (χ4n) is 1.20. The van der Waals surface area contributed by atoms with Gasteiger partial charge in [-0.1, -0.05) is 13.8 Å². The fraction of sp³-hybridized carbons (Fsp3) is 0.545. The number of nitrogens with one attached hydrogen (secondary N) is 1. The van der Waals surface area contributed by atoms with Crippen molar-refractivity contribution < 1.29 is 14.6 Å². The SMILES string of the molecule is CC(C)c1cc(NCCOCC(=O)O)ncn1. The largest absolute Gasteiger partial charge is 0.480 e. The number of anilines is 1. The summed E-state index contributed by atoms with van der Waals surface area (Å²) in [6.07, 6.45) is 1.51. The van der Waals surface area contributed by atoms with Gasteiger partial charge < -0.3 is 15.2 Å². The van der Waals surface area contributed by atoms with Crippen LogP contribution in [0.3, 0.4) is 0 Å². The minimum Gasteiger partial charge on any atom is -0.480 e. The Labute approximate surface area is 100 Å². The Kier molecular flexibility index (Phi) is 5.35. The van der Waals surface area contributed by atoms with Gasteiger partial charge in [0.25, 0.3) is 0 Å².